The molecule has 3 heterocycles. The largest absolute Gasteiger partial charge is 0.323 e. The Balaban J connectivity index is 1.55. The second-order valence-corrected chi connectivity index (χ2v) is 10.9. The molecule has 0 amide bonds. The molecule has 0 spiro atoms. The van der Waals surface area contributed by atoms with Gasteiger partial charge in [-0.1, -0.05) is 31.4 Å². The Kier molecular flexibility index (Phi) is 4.56. The van der Waals surface area contributed by atoms with Crippen molar-refractivity contribution in [1.82, 2.24) is 9.55 Å². The van der Waals surface area contributed by atoms with Gasteiger partial charge in [0.25, 0.3) is 0 Å². The second-order valence-electron chi connectivity index (χ2n) is 7.80. The van der Waals surface area contributed by atoms with Crippen LogP contribution >= 0.6 is 23.5 Å². The molecule has 1 unspecified atom stereocenters. The van der Waals surface area contributed by atoms with E-state index in [0.717, 1.165) is 29.2 Å². The summed E-state index contributed by atoms with van der Waals surface area (Å²) in [7, 11) is 0. The zero-order valence-corrected chi connectivity index (χ0v) is 16.6. The Hall–Kier alpha value is -0.940. The molecule has 2 aliphatic heterocycles. The third-order valence-electron chi connectivity index (χ3n) is 6.35. The first-order valence-corrected chi connectivity index (χ1v) is 11.8. The summed E-state index contributed by atoms with van der Waals surface area (Å²) < 4.78 is 17.3. The van der Waals surface area contributed by atoms with Crippen LogP contribution in [0.4, 0.5) is 4.39 Å². The molecule has 1 saturated heterocycles. The highest BCUT2D eigenvalue weighted by Gasteiger charge is 2.46. The molecule has 138 valence electrons. The van der Waals surface area contributed by atoms with Crippen LogP contribution in [0.1, 0.15) is 56.6 Å². The van der Waals surface area contributed by atoms with Gasteiger partial charge in [0.1, 0.15) is 5.82 Å². The Morgan fingerprint density at radius 1 is 1.12 bits per heavy atom. The summed E-state index contributed by atoms with van der Waals surface area (Å²) in [4.78, 5) is 4.38. The molecule has 1 aromatic carbocycles. The number of nitrogens with zero attached hydrogens (tertiary/aromatic N) is 2. The van der Waals surface area contributed by atoms with Crippen molar-refractivity contribution in [3.8, 4) is 11.3 Å². The van der Waals surface area contributed by atoms with Crippen molar-refractivity contribution < 1.29 is 4.39 Å². The quantitative estimate of drug-likeness (QED) is 0.630. The third kappa shape index (κ3) is 2.73. The van der Waals surface area contributed by atoms with Crippen LogP contribution in [0.3, 0.4) is 0 Å². The van der Waals surface area contributed by atoms with Crippen molar-refractivity contribution in [2.45, 2.75) is 55.1 Å². The maximum atomic E-state index is 14.9. The van der Waals surface area contributed by atoms with Gasteiger partial charge < -0.3 is 4.57 Å². The van der Waals surface area contributed by atoms with Crippen LogP contribution < -0.4 is 0 Å². The van der Waals surface area contributed by atoms with Crippen molar-refractivity contribution in [3.63, 3.8) is 0 Å². The third-order valence-corrected chi connectivity index (χ3v) is 10.0. The van der Waals surface area contributed by atoms with Gasteiger partial charge in [-0.25, -0.2) is 9.37 Å². The van der Waals surface area contributed by atoms with Crippen molar-refractivity contribution in [2.75, 3.05) is 11.5 Å². The van der Waals surface area contributed by atoms with E-state index in [1.165, 1.54) is 50.0 Å². The molecule has 3 aliphatic rings. The minimum Gasteiger partial charge on any atom is -0.323 e. The van der Waals surface area contributed by atoms with E-state index in [1.54, 1.807) is 6.07 Å². The fourth-order valence-electron chi connectivity index (χ4n) is 5.12. The zero-order valence-electron chi connectivity index (χ0n) is 15.0. The molecule has 0 radical (unpaired) electrons. The molecular weight excluding hydrogens is 363 g/mol. The number of halogens is 1. The molecule has 1 atom stereocenters. The summed E-state index contributed by atoms with van der Waals surface area (Å²) in [5, 5.41) is 0. The molecule has 1 aromatic heterocycles. The highest BCUT2D eigenvalue weighted by atomic mass is 32.2. The Morgan fingerprint density at radius 3 is 2.73 bits per heavy atom. The lowest BCUT2D eigenvalue weighted by Crippen LogP contribution is -2.38. The normalized spacial score (nSPS) is 25.0. The molecule has 2 fully saturated rings. The molecule has 0 N–H and O–H groups in total. The summed E-state index contributed by atoms with van der Waals surface area (Å²) in [6.07, 6.45) is 12.9. The van der Waals surface area contributed by atoms with Crippen molar-refractivity contribution in [2.24, 2.45) is 5.92 Å². The van der Waals surface area contributed by atoms with Crippen LogP contribution in [-0.4, -0.2) is 25.1 Å². The smallest absolute Gasteiger partial charge is 0.129 e. The van der Waals surface area contributed by atoms with Gasteiger partial charge in [0, 0.05) is 11.1 Å². The van der Waals surface area contributed by atoms with E-state index in [4.69, 9.17) is 0 Å². The topological polar surface area (TPSA) is 17.8 Å². The number of hydrogen-bond acceptors (Lipinski definition) is 3. The minimum absolute atomic E-state index is 0.0548. The lowest BCUT2D eigenvalue weighted by atomic mass is 9.83. The van der Waals surface area contributed by atoms with E-state index in [0.29, 0.717) is 0 Å². The van der Waals surface area contributed by atoms with Crippen LogP contribution in [0, 0.1) is 11.7 Å². The van der Waals surface area contributed by atoms with E-state index in [2.05, 4.69) is 39.1 Å². The summed E-state index contributed by atoms with van der Waals surface area (Å²) in [5.41, 5.74) is 3.01. The van der Waals surface area contributed by atoms with E-state index in [-0.39, 0.29) is 15.9 Å². The van der Waals surface area contributed by atoms with Gasteiger partial charge in [-0.2, -0.15) is 0 Å². The minimum atomic E-state index is -0.0548. The second kappa shape index (κ2) is 6.90. The van der Waals surface area contributed by atoms with Crippen LogP contribution in [0.15, 0.2) is 30.7 Å². The highest BCUT2D eigenvalue weighted by Crippen LogP contribution is 2.58. The number of imidazole rings is 1. The van der Waals surface area contributed by atoms with Gasteiger partial charge in [-0.3, -0.25) is 0 Å². The first kappa shape index (κ1) is 17.2. The SMILES string of the molecule is Fc1cccc2c1C(CC1(C3CCCCC3)SCCCS1)n1cncc1-2. The molecule has 5 rings (SSSR count). The van der Waals surface area contributed by atoms with Crippen molar-refractivity contribution in [3.05, 3.63) is 42.1 Å². The predicted molar refractivity (Wildman–Crippen MR) is 109 cm³/mol. The number of rotatable bonds is 3. The average Bonchev–Trinajstić information content (AvgIpc) is 3.27. The Morgan fingerprint density at radius 2 is 1.92 bits per heavy atom. The van der Waals surface area contributed by atoms with Gasteiger partial charge in [-0.15, -0.1) is 23.5 Å². The van der Waals surface area contributed by atoms with Crippen LogP contribution in [0.25, 0.3) is 11.3 Å². The van der Waals surface area contributed by atoms with Gasteiger partial charge in [0.15, 0.2) is 0 Å². The lowest BCUT2D eigenvalue weighted by Gasteiger charge is -2.45. The zero-order chi connectivity index (χ0) is 17.6. The maximum Gasteiger partial charge on any atom is 0.129 e. The van der Waals surface area contributed by atoms with Crippen molar-refractivity contribution >= 4 is 23.5 Å². The highest BCUT2D eigenvalue weighted by molar-refractivity contribution is 8.18. The number of aromatic nitrogens is 2. The number of hydrogen-bond donors (Lipinski definition) is 0. The van der Waals surface area contributed by atoms with Gasteiger partial charge in [0.05, 0.1) is 28.3 Å². The van der Waals surface area contributed by atoms with Gasteiger partial charge in [-0.05, 0) is 49.2 Å². The molecule has 5 heteroatoms. The number of benzene rings is 1. The fourth-order valence-corrected chi connectivity index (χ4v) is 8.90. The Bertz CT molecular complexity index is 791. The average molecular weight is 389 g/mol. The molecule has 26 heavy (non-hydrogen) atoms. The van der Waals surface area contributed by atoms with Crippen LogP contribution in [0.5, 0.6) is 0 Å². The first-order valence-electron chi connectivity index (χ1n) is 9.87. The molecular formula is C21H25FN2S2. The number of fused-ring (bicyclic) bond motifs is 3. The Labute approximate surface area is 163 Å². The summed E-state index contributed by atoms with van der Waals surface area (Å²) >= 11 is 4.34. The summed E-state index contributed by atoms with van der Waals surface area (Å²) in [6, 6.07) is 5.60. The van der Waals surface area contributed by atoms with Gasteiger partial charge in [0.2, 0.25) is 0 Å². The molecule has 0 bridgehead atoms. The van der Waals surface area contributed by atoms with Gasteiger partial charge >= 0.3 is 0 Å². The van der Waals surface area contributed by atoms with E-state index >= 15 is 0 Å². The molecule has 1 saturated carbocycles. The fraction of sp³-hybridized carbons (Fsp3) is 0.571. The monoisotopic (exact) mass is 388 g/mol. The van der Waals surface area contributed by atoms with E-state index in [9.17, 15) is 4.39 Å². The lowest BCUT2D eigenvalue weighted by molar-refractivity contribution is 0.308. The van der Waals surface area contributed by atoms with E-state index < -0.39 is 0 Å². The standard InChI is InChI=1S/C21H25FN2S2/c22-17-9-4-8-16-19-13-23-14-24(19)18(20(16)17)12-21(25-10-5-11-26-21)15-6-2-1-3-7-15/h4,8-9,13-15,18H,1-3,5-7,10-12H2. The number of thioether (sulfide) groups is 2. The van der Waals surface area contributed by atoms with E-state index in [1.807, 2.05) is 18.6 Å². The van der Waals surface area contributed by atoms with Crippen LogP contribution in [0.2, 0.25) is 0 Å². The maximum absolute atomic E-state index is 14.9. The van der Waals surface area contributed by atoms with Crippen LogP contribution in [-0.2, 0) is 0 Å². The first-order chi connectivity index (χ1) is 12.8. The molecule has 2 nitrogen and oxygen atoms in total. The molecule has 1 aliphatic carbocycles. The summed E-state index contributed by atoms with van der Waals surface area (Å²) in [5.74, 6) is 3.20. The predicted octanol–water partition coefficient (Wildman–Crippen LogP) is 6.13. The summed E-state index contributed by atoms with van der Waals surface area (Å²) in [6.45, 7) is 0. The van der Waals surface area contributed by atoms with Crippen molar-refractivity contribution in [1.29, 1.82) is 0 Å². The molecule has 2 aromatic rings.